The number of nitrogens with zero attached hydrogens (tertiary/aromatic N) is 6. The number of carbonyl (C=O) groups is 1. The molecule has 0 saturated heterocycles. The summed E-state index contributed by atoms with van der Waals surface area (Å²) in [7, 11) is 0. The third-order valence-electron chi connectivity index (χ3n) is 5.82. The number of benzene rings is 1. The molecular weight excluding hydrogens is 409 g/mol. The molecule has 3 aromatic heterocycles. The number of halogens is 1. The van der Waals surface area contributed by atoms with E-state index in [1.165, 1.54) is 18.2 Å². The van der Waals surface area contributed by atoms with E-state index in [9.17, 15) is 9.18 Å². The molecule has 1 aromatic carbocycles. The average Bonchev–Trinajstić information content (AvgIpc) is 3.74. The summed E-state index contributed by atoms with van der Waals surface area (Å²) in [5.41, 5.74) is 2.21. The Hall–Kier alpha value is -3.88. The Balaban J connectivity index is 1.25. The number of rotatable bonds is 6. The van der Waals surface area contributed by atoms with Crippen LogP contribution in [0.2, 0.25) is 0 Å². The number of anilines is 1. The lowest BCUT2D eigenvalue weighted by atomic mass is 10.1. The Morgan fingerprint density at radius 2 is 1.97 bits per heavy atom. The molecule has 8 nitrogen and oxygen atoms in total. The van der Waals surface area contributed by atoms with Crippen LogP contribution in [0.4, 0.5) is 10.2 Å². The van der Waals surface area contributed by atoms with E-state index < -0.39 is 5.82 Å². The predicted molar refractivity (Wildman–Crippen MR) is 115 cm³/mol. The van der Waals surface area contributed by atoms with Crippen LogP contribution < -0.4 is 5.32 Å². The van der Waals surface area contributed by atoms with Gasteiger partial charge in [0.2, 0.25) is 0 Å². The van der Waals surface area contributed by atoms with Gasteiger partial charge in [-0.2, -0.15) is 0 Å². The van der Waals surface area contributed by atoms with E-state index in [4.69, 9.17) is 0 Å². The first-order valence-corrected chi connectivity index (χ1v) is 10.7. The molecular formula is C23H20FN7O. The minimum absolute atomic E-state index is 0.288. The highest BCUT2D eigenvalue weighted by Gasteiger charge is 2.27. The van der Waals surface area contributed by atoms with Crippen molar-refractivity contribution in [2.45, 2.75) is 37.6 Å². The third-order valence-corrected chi connectivity index (χ3v) is 5.82. The number of aromatic nitrogens is 6. The van der Waals surface area contributed by atoms with Crippen molar-refractivity contribution in [1.29, 1.82) is 0 Å². The van der Waals surface area contributed by atoms with Gasteiger partial charge in [0.15, 0.2) is 5.82 Å². The zero-order valence-corrected chi connectivity index (χ0v) is 17.1. The van der Waals surface area contributed by atoms with Crippen molar-refractivity contribution in [2.75, 3.05) is 5.32 Å². The minimum atomic E-state index is -0.416. The first kappa shape index (κ1) is 18.9. The monoisotopic (exact) mass is 429 g/mol. The maximum absolute atomic E-state index is 14.5. The van der Waals surface area contributed by atoms with Crippen molar-refractivity contribution >= 4 is 11.7 Å². The molecule has 2 aliphatic carbocycles. The predicted octanol–water partition coefficient (Wildman–Crippen LogP) is 4.13. The first-order valence-electron chi connectivity index (χ1n) is 10.7. The molecule has 4 aromatic rings. The van der Waals surface area contributed by atoms with Gasteiger partial charge >= 0.3 is 0 Å². The second kappa shape index (κ2) is 7.37. The van der Waals surface area contributed by atoms with Crippen LogP contribution in [-0.4, -0.2) is 35.2 Å². The topological polar surface area (TPSA) is 90.5 Å². The van der Waals surface area contributed by atoms with E-state index in [1.54, 1.807) is 23.3 Å². The van der Waals surface area contributed by atoms with Crippen LogP contribution in [0.1, 0.15) is 53.7 Å². The molecule has 1 amide bonds. The van der Waals surface area contributed by atoms with E-state index in [0.717, 1.165) is 31.4 Å². The van der Waals surface area contributed by atoms with Crippen LogP contribution in [0.3, 0.4) is 0 Å². The Bertz CT molecular complexity index is 1320. The van der Waals surface area contributed by atoms with Crippen LogP contribution in [0.15, 0.2) is 55.2 Å². The van der Waals surface area contributed by atoms with Crippen molar-refractivity contribution in [3.05, 3.63) is 72.3 Å². The van der Waals surface area contributed by atoms with Crippen molar-refractivity contribution in [3.63, 3.8) is 0 Å². The molecule has 0 bridgehead atoms. The third kappa shape index (κ3) is 3.55. The summed E-state index contributed by atoms with van der Waals surface area (Å²) >= 11 is 0. The van der Waals surface area contributed by atoms with Gasteiger partial charge in [-0.15, -0.1) is 10.2 Å². The van der Waals surface area contributed by atoms with Crippen LogP contribution >= 0.6 is 0 Å². The normalized spacial score (nSPS) is 15.7. The van der Waals surface area contributed by atoms with E-state index in [-0.39, 0.29) is 11.6 Å². The van der Waals surface area contributed by atoms with Crippen LogP contribution in [0.25, 0.3) is 17.2 Å². The Kier molecular flexibility index (Phi) is 4.34. The fourth-order valence-corrected chi connectivity index (χ4v) is 3.77. The Morgan fingerprint density at radius 3 is 2.78 bits per heavy atom. The molecule has 2 saturated carbocycles. The summed E-state index contributed by atoms with van der Waals surface area (Å²) in [5, 5.41) is 11.0. The lowest BCUT2D eigenvalue weighted by Gasteiger charge is -2.09. The van der Waals surface area contributed by atoms with Gasteiger partial charge in [0.25, 0.3) is 5.91 Å². The lowest BCUT2D eigenvalue weighted by Crippen LogP contribution is -2.14. The van der Waals surface area contributed by atoms with Gasteiger partial charge in [-0.25, -0.2) is 14.4 Å². The molecule has 0 unspecified atom stereocenters. The van der Waals surface area contributed by atoms with Crippen LogP contribution in [0, 0.1) is 5.82 Å². The van der Waals surface area contributed by atoms with Gasteiger partial charge in [-0.3, -0.25) is 4.79 Å². The largest absolute Gasteiger partial charge is 0.309 e. The summed E-state index contributed by atoms with van der Waals surface area (Å²) in [5.74, 6) is 0.749. The van der Waals surface area contributed by atoms with E-state index in [0.29, 0.717) is 34.9 Å². The lowest BCUT2D eigenvalue weighted by molar-refractivity contribution is 0.102. The minimum Gasteiger partial charge on any atom is -0.309 e. The maximum Gasteiger partial charge on any atom is 0.256 e. The molecule has 0 aliphatic heterocycles. The van der Waals surface area contributed by atoms with Gasteiger partial charge in [0.1, 0.15) is 23.7 Å². The zero-order valence-electron chi connectivity index (χ0n) is 17.1. The zero-order chi connectivity index (χ0) is 21.7. The fourth-order valence-electron chi connectivity index (χ4n) is 3.77. The van der Waals surface area contributed by atoms with Gasteiger partial charge in [-0.05, 0) is 56.0 Å². The highest BCUT2D eigenvalue weighted by Crippen LogP contribution is 2.39. The Labute approximate surface area is 183 Å². The highest BCUT2D eigenvalue weighted by molar-refractivity contribution is 6.04. The second-order valence-corrected chi connectivity index (χ2v) is 8.30. The van der Waals surface area contributed by atoms with Gasteiger partial charge in [-0.1, -0.05) is 6.07 Å². The molecule has 0 atom stereocenters. The average molecular weight is 429 g/mol. The first-order chi connectivity index (χ1) is 15.7. The van der Waals surface area contributed by atoms with Crippen molar-refractivity contribution in [3.8, 4) is 17.2 Å². The number of imidazole rings is 1. The molecule has 0 radical (unpaired) electrons. The molecule has 32 heavy (non-hydrogen) atoms. The maximum atomic E-state index is 14.5. The summed E-state index contributed by atoms with van der Waals surface area (Å²) in [6, 6.07) is 10.1. The van der Waals surface area contributed by atoms with E-state index >= 15 is 0 Å². The molecule has 3 heterocycles. The second-order valence-electron chi connectivity index (χ2n) is 8.30. The molecule has 160 valence electrons. The molecule has 2 fully saturated rings. The van der Waals surface area contributed by atoms with E-state index in [2.05, 4.69) is 25.5 Å². The fraction of sp³-hybridized carbons (Fsp3) is 0.261. The summed E-state index contributed by atoms with van der Waals surface area (Å²) in [6.07, 6.45) is 9.58. The van der Waals surface area contributed by atoms with Crippen molar-refractivity contribution < 1.29 is 9.18 Å². The van der Waals surface area contributed by atoms with Gasteiger partial charge in [0, 0.05) is 23.7 Å². The molecule has 1 N–H and O–H groups in total. The van der Waals surface area contributed by atoms with Crippen LogP contribution in [-0.2, 0) is 0 Å². The number of carbonyl (C=O) groups excluding carboxylic acids is 1. The van der Waals surface area contributed by atoms with E-state index in [1.807, 2.05) is 22.9 Å². The quantitative estimate of drug-likeness (QED) is 0.498. The van der Waals surface area contributed by atoms with Crippen LogP contribution in [0.5, 0.6) is 0 Å². The molecule has 2 aliphatic rings. The molecule has 9 heteroatoms. The number of hydrogen-bond acceptors (Lipinski definition) is 5. The summed E-state index contributed by atoms with van der Waals surface area (Å²) in [4.78, 5) is 21.8. The summed E-state index contributed by atoms with van der Waals surface area (Å²) in [6.45, 7) is 0. The number of nitrogens with one attached hydrogen (secondary N) is 1. The molecule has 0 spiro atoms. The highest BCUT2D eigenvalue weighted by atomic mass is 19.1. The van der Waals surface area contributed by atoms with Crippen molar-refractivity contribution in [1.82, 2.24) is 29.3 Å². The summed E-state index contributed by atoms with van der Waals surface area (Å²) < 4.78 is 18.1. The Morgan fingerprint density at radius 1 is 1.09 bits per heavy atom. The smallest absolute Gasteiger partial charge is 0.256 e. The SMILES string of the molecule is O=C(Nc1cccc(-c2nncn2C2CC2)n1)c1ccc(F)c(-n2cnc(C3CC3)c2)c1. The number of amides is 1. The van der Waals surface area contributed by atoms with Crippen molar-refractivity contribution in [2.24, 2.45) is 0 Å². The van der Waals surface area contributed by atoms with Gasteiger partial charge < -0.3 is 14.5 Å². The standard InChI is InChI=1S/C23H20FN7O/c24-17-9-6-15(10-20(17)30-11-19(25-12-30)14-4-5-14)23(32)28-21-3-1-2-18(27-21)22-29-26-13-31(22)16-7-8-16/h1-3,6,9-14,16H,4-5,7-8H2,(H,27,28,32). The molecule has 6 rings (SSSR count). The van der Waals surface area contributed by atoms with Gasteiger partial charge in [0.05, 0.1) is 17.7 Å². The number of hydrogen-bond donors (Lipinski definition) is 1. The number of pyridine rings is 1.